The highest BCUT2D eigenvalue weighted by atomic mass is 32.2. The topological polar surface area (TPSA) is 33.6 Å². The van der Waals surface area contributed by atoms with Gasteiger partial charge in [-0.15, -0.1) is 0 Å². The van der Waals surface area contributed by atoms with Gasteiger partial charge >= 0.3 is 0 Å². The van der Waals surface area contributed by atoms with Gasteiger partial charge < -0.3 is 10.1 Å². The van der Waals surface area contributed by atoms with Gasteiger partial charge in [0.1, 0.15) is 5.75 Å². The summed E-state index contributed by atoms with van der Waals surface area (Å²) in [6, 6.07) is 9.07. The molecule has 2 atom stereocenters. The third-order valence-electron chi connectivity index (χ3n) is 3.44. The van der Waals surface area contributed by atoms with E-state index in [0.717, 1.165) is 36.1 Å². The van der Waals surface area contributed by atoms with Crippen molar-refractivity contribution in [2.75, 3.05) is 12.4 Å². The van der Waals surface area contributed by atoms with Crippen molar-refractivity contribution in [3.05, 3.63) is 29.8 Å². The minimum Gasteiger partial charge on any atom is -0.493 e. The zero-order valence-corrected chi connectivity index (χ0v) is 11.4. The van der Waals surface area contributed by atoms with E-state index in [2.05, 4.69) is 24.4 Å². The highest BCUT2D eigenvalue weighted by molar-refractivity contribution is 8.14. The van der Waals surface area contributed by atoms with Crippen molar-refractivity contribution in [1.29, 1.82) is 0 Å². The van der Waals surface area contributed by atoms with Gasteiger partial charge in [0.2, 0.25) is 0 Å². The number of nitrogens with zero attached hydrogens (tertiary/aromatic N) is 1. The quantitative estimate of drug-likeness (QED) is 0.889. The predicted octanol–water partition coefficient (Wildman–Crippen LogP) is 2.98. The molecule has 2 heterocycles. The zero-order chi connectivity index (χ0) is 12.4. The maximum absolute atomic E-state index is 5.66. The molecule has 0 spiro atoms. The van der Waals surface area contributed by atoms with E-state index in [-0.39, 0.29) is 6.04 Å². The number of rotatable bonds is 2. The maximum Gasteiger partial charge on any atom is 0.157 e. The van der Waals surface area contributed by atoms with Crippen molar-refractivity contribution in [2.45, 2.75) is 31.8 Å². The molecule has 3 nitrogen and oxygen atoms in total. The van der Waals surface area contributed by atoms with E-state index in [0.29, 0.717) is 6.04 Å². The normalized spacial score (nSPS) is 28.6. The van der Waals surface area contributed by atoms with Crippen molar-refractivity contribution in [3.63, 3.8) is 0 Å². The molecule has 2 unspecified atom stereocenters. The molecule has 4 heteroatoms. The number of hydrogen-bond acceptors (Lipinski definition) is 3. The van der Waals surface area contributed by atoms with E-state index < -0.39 is 0 Å². The first-order chi connectivity index (χ1) is 8.86. The molecule has 1 saturated heterocycles. The fourth-order valence-corrected chi connectivity index (χ4v) is 3.46. The van der Waals surface area contributed by atoms with Gasteiger partial charge in [-0.05, 0) is 12.5 Å². The number of aliphatic imine (C=N–C) groups is 1. The highest BCUT2D eigenvalue weighted by Crippen LogP contribution is 2.35. The van der Waals surface area contributed by atoms with Gasteiger partial charge in [-0.25, -0.2) is 0 Å². The van der Waals surface area contributed by atoms with Crippen molar-refractivity contribution in [1.82, 2.24) is 5.32 Å². The lowest BCUT2D eigenvalue weighted by Gasteiger charge is -2.23. The summed E-state index contributed by atoms with van der Waals surface area (Å²) < 4.78 is 5.66. The molecule has 1 aromatic rings. The van der Waals surface area contributed by atoms with Crippen molar-refractivity contribution >= 4 is 16.9 Å². The Kier molecular flexibility index (Phi) is 3.46. The third-order valence-corrected chi connectivity index (χ3v) is 4.51. The first-order valence-electron chi connectivity index (χ1n) is 6.55. The van der Waals surface area contributed by atoms with Crippen LogP contribution in [0, 0.1) is 0 Å². The van der Waals surface area contributed by atoms with E-state index in [1.807, 2.05) is 23.9 Å². The summed E-state index contributed by atoms with van der Waals surface area (Å²) in [6.45, 7) is 2.98. The van der Waals surface area contributed by atoms with E-state index in [1.54, 1.807) is 0 Å². The maximum atomic E-state index is 5.66. The summed E-state index contributed by atoms with van der Waals surface area (Å²) in [5, 5.41) is 4.59. The van der Waals surface area contributed by atoms with E-state index in [4.69, 9.17) is 9.73 Å². The molecule has 0 aliphatic carbocycles. The summed E-state index contributed by atoms with van der Waals surface area (Å²) in [7, 11) is 0. The fraction of sp³-hybridized carbons (Fsp3) is 0.500. The molecule has 1 aromatic carbocycles. The van der Waals surface area contributed by atoms with Gasteiger partial charge in [-0.1, -0.05) is 36.9 Å². The van der Waals surface area contributed by atoms with Crippen LogP contribution in [0.15, 0.2) is 29.3 Å². The fourth-order valence-electron chi connectivity index (χ4n) is 2.33. The Labute approximate surface area is 112 Å². The molecule has 96 valence electrons. The largest absolute Gasteiger partial charge is 0.493 e. The summed E-state index contributed by atoms with van der Waals surface area (Å²) >= 11 is 1.84. The van der Waals surface area contributed by atoms with Crippen LogP contribution in [0.4, 0.5) is 0 Å². The molecule has 2 aliphatic heterocycles. The smallest absolute Gasteiger partial charge is 0.157 e. The Bertz CT molecular complexity index is 461. The van der Waals surface area contributed by atoms with Gasteiger partial charge in [0.15, 0.2) is 5.17 Å². The molecule has 1 fully saturated rings. The molecule has 0 bridgehead atoms. The van der Waals surface area contributed by atoms with Crippen LogP contribution in [0.5, 0.6) is 5.75 Å². The van der Waals surface area contributed by atoms with Crippen LogP contribution in [0.2, 0.25) is 0 Å². The second-order valence-electron chi connectivity index (χ2n) is 4.69. The summed E-state index contributed by atoms with van der Waals surface area (Å²) in [5.41, 5.74) is 1.22. The molecule has 3 rings (SSSR count). The van der Waals surface area contributed by atoms with Crippen LogP contribution in [-0.4, -0.2) is 23.6 Å². The molecule has 0 amide bonds. The number of ether oxygens (including phenoxy) is 1. The van der Waals surface area contributed by atoms with Crippen LogP contribution in [0.25, 0.3) is 0 Å². The monoisotopic (exact) mass is 262 g/mol. The standard InChI is InChI=1S/C14H18N2OS/c1-2-10-9-18-14(15-10)16-12-7-8-17-13-6-4-3-5-11(12)13/h3-6,10,12H,2,7-9H2,1H3,(H,15,16). The Hall–Kier alpha value is -1.16. The van der Waals surface area contributed by atoms with E-state index >= 15 is 0 Å². The molecule has 0 radical (unpaired) electrons. The molecular formula is C14H18N2OS. The second-order valence-corrected chi connectivity index (χ2v) is 5.69. The van der Waals surface area contributed by atoms with E-state index in [1.165, 1.54) is 5.56 Å². The Morgan fingerprint density at radius 3 is 3.17 bits per heavy atom. The molecule has 0 aromatic heterocycles. The molecule has 1 N–H and O–H groups in total. The molecule has 2 aliphatic rings. The first-order valence-corrected chi connectivity index (χ1v) is 7.54. The predicted molar refractivity (Wildman–Crippen MR) is 76.4 cm³/mol. The lowest BCUT2D eigenvalue weighted by Crippen LogP contribution is -2.26. The Balaban J connectivity index is 1.80. The number of hydrogen-bond donors (Lipinski definition) is 1. The number of fused-ring (bicyclic) bond motifs is 1. The average Bonchev–Trinajstić information content (AvgIpc) is 2.87. The average molecular weight is 262 g/mol. The van der Waals surface area contributed by atoms with Crippen molar-refractivity contribution in [2.24, 2.45) is 4.99 Å². The summed E-state index contributed by atoms with van der Waals surface area (Å²) in [4.78, 5) is 4.86. The zero-order valence-electron chi connectivity index (χ0n) is 10.6. The molecular weight excluding hydrogens is 244 g/mol. The lowest BCUT2D eigenvalue weighted by atomic mass is 10.0. The number of thioether (sulfide) groups is 1. The van der Waals surface area contributed by atoms with Crippen LogP contribution >= 0.6 is 11.8 Å². The van der Waals surface area contributed by atoms with Crippen LogP contribution in [0.1, 0.15) is 31.4 Å². The van der Waals surface area contributed by atoms with Crippen molar-refractivity contribution in [3.8, 4) is 5.75 Å². The van der Waals surface area contributed by atoms with Gasteiger partial charge in [0.25, 0.3) is 0 Å². The second kappa shape index (κ2) is 5.22. The van der Waals surface area contributed by atoms with Crippen LogP contribution in [0.3, 0.4) is 0 Å². The van der Waals surface area contributed by atoms with Gasteiger partial charge in [-0.3, -0.25) is 4.99 Å². The summed E-state index contributed by atoms with van der Waals surface area (Å²) in [6.07, 6.45) is 2.13. The number of nitrogens with one attached hydrogen (secondary N) is 1. The van der Waals surface area contributed by atoms with Crippen LogP contribution in [-0.2, 0) is 0 Å². The Morgan fingerprint density at radius 1 is 1.44 bits per heavy atom. The Morgan fingerprint density at radius 2 is 2.33 bits per heavy atom. The number of benzene rings is 1. The van der Waals surface area contributed by atoms with Gasteiger partial charge in [-0.2, -0.15) is 0 Å². The number of amidine groups is 1. The van der Waals surface area contributed by atoms with Crippen LogP contribution < -0.4 is 10.1 Å². The summed E-state index contributed by atoms with van der Waals surface area (Å²) in [5.74, 6) is 2.13. The van der Waals surface area contributed by atoms with E-state index in [9.17, 15) is 0 Å². The minimum atomic E-state index is 0.251. The first kappa shape index (κ1) is 11.9. The van der Waals surface area contributed by atoms with Crippen molar-refractivity contribution < 1.29 is 4.74 Å². The molecule has 18 heavy (non-hydrogen) atoms. The third kappa shape index (κ3) is 2.34. The number of para-hydroxylation sites is 1. The van der Waals surface area contributed by atoms with Gasteiger partial charge in [0.05, 0.1) is 12.6 Å². The SMILES string of the molecule is CCC1CSC(=NC2CCOc3ccccc32)N1. The lowest BCUT2D eigenvalue weighted by molar-refractivity contribution is 0.269. The highest BCUT2D eigenvalue weighted by Gasteiger charge is 2.24. The molecule has 0 saturated carbocycles. The van der Waals surface area contributed by atoms with Gasteiger partial charge in [0, 0.05) is 23.8 Å². The minimum absolute atomic E-state index is 0.251.